The molecule has 3 aromatic rings. The number of carbonyl (C=O) groups excluding carboxylic acids is 1. The number of carbonyl (C=O) groups is 1. The Hall–Kier alpha value is -3.51. The second kappa shape index (κ2) is 9.60. The summed E-state index contributed by atoms with van der Waals surface area (Å²) in [5.41, 5.74) is 4.37. The van der Waals surface area contributed by atoms with Crippen LogP contribution in [0, 0.1) is 0 Å². The van der Waals surface area contributed by atoms with Gasteiger partial charge in [0.2, 0.25) is 0 Å². The fourth-order valence-corrected chi connectivity index (χ4v) is 7.28. The highest BCUT2D eigenvalue weighted by molar-refractivity contribution is 5.97. The monoisotopic (exact) mass is 524 g/mol. The van der Waals surface area contributed by atoms with E-state index in [1.165, 1.54) is 25.7 Å². The van der Waals surface area contributed by atoms with E-state index in [2.05, 4.69) is 53.1 Å². The Labute approximate surface area is 230 Å². The fraction of sp³-hybridized carbons (Fsp3) is 0.424. The van der Waals surface area contributed by atoms with E-state index < -0.39 is 5.60 Å². The lowest BCUT2D eigenvalue weighted by atomic mass is 9.77. The molecule has 0 aliphatic carbocycles. The maximum atomic E-state index is 13.2. The number of benzene rings is 3. The van der Waals surface area contributed by atoms with Gasteiger partial charge in [0.1, 0.15) is 11.5 Å². The summed E-state index contributed by atoms with van der Waals surface area (Å²) in [4.78, 5) is 18.1. The maximum absolute atomic E-state index is 13.2. The number of piperidine rings is 2. The Balaban J connectivity index is 1.38. The highest BCUT2D eigenvalue weighted by atomic mass is 16.6. The number of hydrogen-bond donors (Lipinski definition) is 1. The van der Waals surface area contributed by atoms with Crippen LogP contribution in [0.3, 0.4) is 0 Å². The first kappa shape index (κ1) is 24.5. The minimum absolute atomic E-state index is 0.184. The zero-order valence-electron chi connectivity index (χ0n) is 22.6. The van der Waals surface area contributed by atoms with Gasteiger partial charge < -0.3 is 24.4 Å². The van der Waals surface area contributed by atoms with Crippen LogP contribution in [0.4, 0.5) is 11.4 Å². The second-order valence-electron chi connectivity index (χ2n) is 11.5. The van der Waals surface area contributed by atoms with Crippen molar-refractivity contribution in [1.82, 2.24) is 0 Å². The van der Waals surface area contributed by atoms with Gasteiger partial charge in [-0.3, -0.25) is 0 Å². The molecule has 39 heavy (non-hydrogen) atoms. The van der Waals surface area contributed by atoms with Crippen molar-refractivity contribution in [2.75, 3.05) is 29.5 Å². The van der Waals surface area contributed by atoms with E-state index in [4.69, 9.17) is 9.47 Å². The van der Waals surface area contributed by atoms with E-state index >= 15 is 0 Å². The largest absolute Gasteiger partial charge is 0.456 e. The predicted molar refractivity (Wildman–Crippen MR) is 152 cm³/mol. The molecule has 6 heteroatoms. The number of aliphatic hydroxyl groups excluding tert-OH is 1. The topological polar surface area (TPSA) is 62.2 Å². The van der Waals surface area contributed by atoms with Crippen molar-refractivity contribution >= 4 is 17.3 Å². The van der Waals surface area contributed by atoms with Crippen molar-refractivity contribution in [3.63, 3.8) is 0 Å². The van der Waals surface area contributed by atoms with Crippen molar-refractivity contribution < 1.29 is 19.4 Å². The van der Waals surface area contributed by atoms with Crippen molar-refractivity contribution in [3.8, 4) is 11.5 Å². The third kappa shape index (κ3) is 3.83. The van der Waals surface area contributed by atoms with Gasteiger partial charge in [-0.05, 0) is 82.2 Å². The molecule has 4 heterocycles. The average Bonchev–Trinajstić information content (AvgIpc) is 3.26. The first-order chi connectivity index (χ1) is 19.1. The molecule has 202 valence electrons. The van der Waals surface area contributed by atoms with Crippen LogP contribution in [-0.4, -0.2) is 42.9 Å². The lowest BCUT2D eigenvalue weighted by Gasteiger charge is -2.40. The van der Waals surface area contributed by atoms with E-state index in [1.807, 2.05) is 24.3 Å². The fourth-order valence-electron chi connectivity index (χ4n) is 7.28. The summed E-state index contributed by atoms with van der Waals surface area (Å²) in [6, 6.07) is 21.2. The molecule has 3 atom stereocenters. The Kier molecular flexibility index (Phi) is 6.03. The first-order valence-electron chi connectivity index (χ1n) is 14.5. The third-order valence-electron chi connectivity index (χ3n) is 9.24. The Bertz CT molecular complexity index is 1420. The van der Waals surface area contributed by atoms with E-state index in [-0.39, 0.29) is 12.6 Å². The minimum atomic E-state index is -1.05. The lowest BCUT2D eigenvalue weighted by Crippen LogP contribution is -2.40. The molecule has 1 spiro atoms. The number of aliphatic hydroxyl groups is 1. The number of anilines is 2. The van der Waals surface area contributed by atoms with Crippen molar-refractivity contribution in [2.24, 2.45) is 0 Å². The van der Waals surface area contributed by atoms with E-state index in [9.17, 15) is 9.90 Å². The van der Waals surface area contributed by atoms with Crippen LogP contribution in [0.5, 0.6) is 11.5 Å². The molecule has 1 N–H and O–H groups in total. The number of ether oxygens (including phenoxy) is 2. The molecule has 0 saturated carbocycles. The van der Waals surface area contributed by atoms with Crippen molar-refractivity contribution in [3.05, 3.63) is 82.9 Å². The number of nitrogens with zero attached hydrogens (tertiary/aromatic N) is 2. The van der Waals surface area contributed by atoms with Gasteiger partial charge in [0.05, 0.1) is 5.56 Å². The highest BCUT2D eigenvalue weighted by Crippen LogP contribution is 2.57. The van der Waals surface area contributed by atoms with E-state index in [0.29, 0.717) is 17.6 Å². The molecular weight excluding hydrogens is 488 g/mol. The predicted octanol–water partition coefficient (Wildman–Crippen LogP) is 6.37. The lowest BCUT2D eigenvalue weighted by molar-refractivity contribution is 0.0224. The summed E-state index contributed by atoms with van der Waals surface area (Å²) in [6.45, 7) is 4.47. The first-order valence-corrected chi connectivity index (χ1v) is 14.5. The van der Waals surface area contributed by atoms with E-state index in [1.54, 1.807) is 0 Å². The van der Waals surface area contributed by atoms with Crippen molar-refractivity contribution in [1.29, 1.82) is 0 Å². The van der Waals surface area contributed by atoms with Gasteiger partial charge in [-0.1, -0.05) is 18.2 Å². The molecule has 3 aromatic carbocycles. The molecular formula is C33H36N2O4. The molecule has 7 rings (SSSR count). The SMILES string of the molecule is CC1CCCCN1c1ccc2c(c1)Oc1cc(N3CCCCC3CCO)ccc1C21OC(=O)c2ccccc21. The van der Waals surface area contributed by atoms with Gasteiger partial charge in [-0.2, -0.15) is 0 Å². The van der Waals surface area contributed by atoms with Gasteiger partial charge in [0.25, 0.3) is 0 Å². The van der Waals surface area contributed by atoms with Gasteiger partial charge in [0.15, 0.2) is 5.60 Å². The molecule has 0 radical (unpaired) electrons. The normalized spacial score (nSPS) is 25.5. The number of esters is 1. The van der Waals surface area contributed by atoms with Crippen LogP contribution in [-0.2, 0) is 10.3 Å². The smallest absolute Gasteiger partial charge is 0.340 e. The van der Waals surface area contributed by atoms with E-state index in [0.717, 1.165) is 71.9 Å². The molecule has 0 bridgehead atoms. The Morgan fingerprint density at radius 1 is 0.846 bits per heavy atom. The molecule has 0 aromatic heterocycles. The van der Waals surface area contributed by atoms with Crippen LogP contribution in [0.15, 0.2) is 60.7 Å². The summed E-state index contributed by atoms with van der Waals surface area (Å²) in [5, 5.41) is 9.69. The molecule has 0 amide bonds. The molecule has 3 unspecified atom stereocenters. The molecule has 6 nitrogen and oxygen atoms in total. The minimum Gasteiger partial charge on any atom is -0.456 e. The van der Waals surface area contributed by atoms with Crippen LogP contribution >= 0.6 is 0 Å². The number of hydrogen-bond acceptors (Lipinski definition) is 6. The quantitative estimate of drug-likeness (QED) is 0.400. The van der Waals surface area contributed by atoms with Gasteiger partial charge in [-0.25, -0.2) is 4.79 Å². The molecule has 2 saturated heterocycles. The van der Waals surface area contributed by atoms with Gasteiger partial charge in [0, 0.05) is 72.0 Å². The Morgan fingerprint density at radius 2 is 1.51 bits per heavy atom. The number of rotatable bonds is 4. The van der Waals surface area contributed by atoms with Crippen molar-refractivity contribution in [2.45, 2.75) is 69.6 Å². The molecule has 4 aliphatic heterocycles. The summed E-state index contributed by atoms with van der Waals surface area (Å²) in [5.74, 6) is 1.16. The van der Waals surface area contributed by atoms with Crippen LogP contribution in [0.25, 0.3) is 0 Å². The second-order valence-corrected chi connectivity index (χ2v) is 11.5. The standard InChI is InChI=1S/C33H36N2O4/c1-22-8-4-6-17-34(22)24-12-14-28-30(20-24)38-31-21-25(35-18-7-5-9-23(35)16-19-36)13-15-29(31)33(28)27-11-3-2-10-26(27)32(37)39-33/h2-3,10-15,20-23,36H,4-9,16-19H2,1H3. The number of fused-ring (bicyclic) bond motifs is 6. The summed E-state index contributed by atoms with van der Waals surface area (Å²) >= 11 is 0. The summed E-state index contributed by atoms with van der Waals surface area (Å²) in [7, 11) is 0. The van der Waals surface area contributed by atoms with Gasteiger partial charge >= 0.3 is 5.97 Å². The molecule has 2 fully saturated rings. The summed E-state index contributed by atoms with van der Waals surface area (Å²) < 4.78 is 13.1. The van der Waals surface area contributed by atoms with Gasteiger partial charge in [-0.15, -0.1) is 0 Å². The summed E-state index contributed by atoms with van der Waals surface area (Å²) in [6.07, 6.45) is 7.79. The molecule has 4 aliphatic rings. The third-order valence-corrected chi connectivity index (χ3v) is 9.24. The zero-order chi connectivity index (χ0) is 26.6. The highest BCUT2D eigenvalue weighted by Gasteiger charge is 2.53. The van der Waals surface area contributed by atoms with Crippen LogP contribution < -0.4 is 14.5 Å². The average molecular weight is 525 g/mol. The van der Waals surface area contributed by atoms with Crippen LogP contribution in [0.2, 0.25) is 0 Å². The zero-order valence-corrected chi connectivity index (χ0v) is 22.6. The Morgan fingerprint density at radius 3 is 2.23 bits per heavy atom. The maximum Gasteiger partial charge on any atom is 0.340 e. The van der Waals surface area contributed by atoms with Crippen LogP contribution in [0.1, 0.15) is 78.9 Å².